The van der Waals surface area contributed by atoms with Crippen molar-refractivity contribution in [3.05, 3.63) is 35.9 Å². The van der Waals surface area contributed by atoms with Gasteiger partial charge in [-0.3, -0.25) is 0 Å². The molecule has 1 aromatic rings. The van der Waals surface area contributed by atoms with Crippen molar-refractivity contribution in [2.24, 2.45) is 0 Å². The average Bonchev–Trinajstić information content (AvgIpc) is 2.54. The van der Waals surface area contributed by atoms with E-state index in [0.29, 0.717) is 18.7 Å². The van der Waals surface area contributed by atoms with Gasteiger partial charge in [0.1, 0.15) is 0 Å². The molecule has 0 N–H and O–H groups in total. The Kier molecular flexibility index (Phi) is 8.22. The molecule has 0 spiro atoms. The van der Waals surface area contributed by atoms with E-state index in [4.69, 9.17) is 4.74 Å². The van der Waals surface area contributed by atoms with E-state index in [9.17, 15) is 4.79 Å². The minimum atomic E-state index is -0.930. The molecule has 22 heavy (non-hydrogen) atoms. The van der Waals surface area contributed by atoms with E-state index < -0.39 is 22.1 Å². The molecule has 2 rings (SSSR count). The van der Waals surface area contributed by atoms with E-state index in [1.807, 2.05) is 30.3 Å². The summed E-state index contributed by atoms with van der Waals surface area (Å²) in [7, 11) is 0. The van der Waals surface area contributed by atoms with Gasteiger partial charge in [-0.25, -0.2) is 0 Å². The molecule has 1 amide bonds. The zero-order valence-electron chi connectivity index (χ0n) is 13.3. The molecule has 5 heteroatoms. The first-order valence-corrected chi connectivity index (χ1v) is 24.1. The van der Waals surface area contributed by atoms with E-state index in [0.717, 1.165) is 31.2 Å². The molecule has 1 heterocycles. The molecule has 0 bridgehead atoms. The molecule has 118 valence electrons. The summed E-state index contributed by atoms with van der Waals surface area (Å²) in [5.41, 5.74) is 1.05. The van der Waals surface area contributed by atoms with Gasteiger partial charge >= 0.3 is 152 Å². The molecule has 1 saturated heterocycles. The third-order valence-electron chi connectivity index (χ3n) is 4.34. The van der Waals surface area contributed by atoms with Crippen LogP contribution in [0.25, 0.3) is 0 Å². The normalized spacial score (nSPS) is 21.3. The van der Waals surface area contributed by atoms with Crippen LogP contribution in [0.5, 0.6) is 0 Å². The third kappa shape index (κ3) is 5.22. The van der Waals surface area contributed by atoms with Crippen LogP contribution in [-0.2, 0) is 33.5 Å². The Hall–Kier alpha value is -0.0949. The second kappa shape index (κ2) is 9.91. The molecule has 1 aliphatic heterocycles. The summed E-state index contributed by atoms with van der Waals surface area (Å²) >= 11 is 2.81. The predicted molar refractivity (Wildman–Crippen MR) is 88.5 cm³/mol. The Morgan fingerprint density at radius 3 is 2.73 bits per heavy atom. The van der Waals surface area contributed by atoms with Gasteiger partial charge in [0.2, 0.25) is 0 Å². The van der Waals surface area contributed by atoms with Gasteiger partial charge in [0, 0.05) is 0 Å². The number of hydrogen-bond acceptors (Lipinski definition) is 2. The van der Waals surface area contributed by atoms with Crippen molar-refractivity contribution in [3.63, 3.8) is 0 Å². The zero-order chi connectivity index (χ0) is 15.8. The summed E-state index contributed by atoms with van der Waals surface area (Å²) in [5, 5.41) is 0. The van der Waals surface area contributed by atoms with Gasteiger partial charge < -0.3 is 0 Å². The number of piperidine rings is 1. The molecule has 0 aromatic heterocycles. The monoisotopic (exact) mass is 555 g/mol. The topological polar surface area (TPSA) is 29.5 Å². The van der Waals surface area contributed by atoms with Crippen LogP contribution in [0.4, 0.5) is 4.79 Å². The van der Waals surface area contributed by atoms with Crippen LogP contribution < -0.4 is 0 Å². The van der Waals surface area contributed by atoms with Crippen molar-refractivity contribution < 1.29 is 31.7 Å². The van der Waals surface area contributed by atoms with Gasteiger partial charge in [0.15, 0.2) is 0 Å². The Morgan fingerprint density at radius 1 is 1.32 bits per heavy atom. The third-order valence-corrected chi connectivity index (χ3v) is 11.8. The van der Waals surface area contributed by atoms with Gasteiger partial charge in [-0.05, 0) is 0 Å². The summed E-state index contributed by atoms with van der Waals surface area (Å²) in [6, 6.07) is 10.7. The predicted octanol–water partition coefficient (Wildman–Crippen LogP) is 5.16. The van der Waals surface area contributed by atoms with Crippen molar-refractivity contribution in [3.8, 4) is 0 Å². The van der Waals surface area contributed by atoms with Crippen LogP contribution in [0.2, 0.25) is 3.93 Å². The first-order chi connectivity index (χ1) is 10.8. The van der Waals surface area contributed by atoms with Crippen LogP contribution in [0.1, 0.15) is 44.6 Å². The van der Waals surface area contributed by atoms with Crippen molar-refractivity contribution >= 4 is 18.0 Å². The van der Waals surface area contributed by atoms with Gasteiger partial charge in [0.05, 0.1) is 0 Å². The summed E-state index contributed by atoms with van der Waals surface area (Å²) in [5.74, 6) is 0. The van der Waals surface area contributed by atoms with Crippen LogP contribution in [0.15, 0.2) is 30.3 Å². The number of nitrogens with zero attached hydrogens (tertiary/aromatic N) is 1. The Balaban J connectivity index is 2.00. The van der Waals surface area contributed by atoms with Gasteiger partial charge in [-0.15, -0.1) is 0 Å². The number of ether oxygens (including phenoxy) is 1. The van der Waals surface area contributed by atoms with Crippen LogP contribution >= 0.6 is 11.9 Å². The molecule has 0 saturated carbocycles. The molecule has 3 nitrogen and oxygen atoms in total. The van der Waals surface area contributed by atoms with E-state index >= 15 is 0 Å². The van der Waals surface area contributed by atoms with E-state index in [-0.39, 0.29) is 6.09 Å². The SMILES string of the molecule is CCC[C@H]1CCC[C@@H]([CH2][Hg][Br])N1C(=O)OCc1ccccc1. The molecular weight excluding hydrogens is 531 g/mol. The summed E-state index contributed by atoms with van der Waals surface area (Å²) < 4.78 is 6.84. The maximum atomic E-state index is 12.7. The Bertz CT molecular complexity index is 439. The number of benzene rings is 1. The zero-order valence-corrected chi connectivity index (χ0v) is 20.4. The Labute approximate surface area is 151 Å². The number of halogens is 1. The standard InChI is InChI=1S/C17H24NO2.BrH.Hg/c1-3-8-16-12-7-9-14(2)18(16)17(19)20-13-15-10-5-4-6-11-15;;/h4-6,10-11,14,16H,2-3,7-9,12-13H2,1H3;1H;/q;;+1/p-1/t14-,16+;;/m1../s1. The molecule has 0 unspecified atom stereocenters. The van der Waals surface area contributed by atoms with Gasteiger partial charge in [0.25, 0.3) is 0 Å². The molecule has 1 aromatic carbocycles. The number of carbonyl (C=O) groups is 1. The quantitative estimate of drug-likeness (QED) is 0.455. The number of likely N-dealkylation sites (tertiary alicyclic amines) is 1. The van der Waals surface area contributed by atoms with E-state index in [2.05, 4.69) is 23.7 Å². The number of amides is 1. The molecule has 2 atom stereocenters. The van der Waals surface area contributed by atoms with Crippen LogP contribution in [-0.4, -0.2) is 23.1 Å². The molecular formula is C17H24BrHgNO2. The van der Waals surface area contributed by atoms with Gasteiger partial charge in [-0.1, -0.05) is 0 Å². The summed E-state index contributed by atoms with van der Waals surface area (Å²) in [6.45, 7) is 2.57. The average molecular weight is 555 g/mol. The summed E-state index contributed by atoms with van der Waals surface area (Å²) in [6.07, 6.45) is 5.63. The molecule has 0 aliphatic carbocycles. The van der Waals surface area contributed by atoms with Crippen LogP contribution in [0.3, 0.4) is 0 Å². The van der Waals surface area contributed by atoms with E-state index in [1.54, 1.807) is 0 Å². The minimum absolute atomic E-state index is 0.110. The van der Waals surface area contributed by atoms with Crippen molar-refractivity contribution in [2.45, 2.75) is 61.6 Å². The van der Waals surface area contributed by atoms with Gasteiger partial charge in [-0.2, -0.15) is 0 Å². The fraction of sp³-hybridized carbons (Fsp3) is 0.588. The number of carbonyl (C=O) groups excluding carboxylic acids is 1. The summed E-state index contributed by atoms with van der Waals surface area (Å²) in [4.78, 5) is 14.7. The van der Waals surface area contributed by atoms with Crippen molar-refractivity contribution in [1.29, 1.82) is 0 Å². The van der Waals surface area contributed by atoms with E-state index in [1.165, 1.54) is 10.4 Å². The maximum absolute atomic E-state index is 12.7. The molecule has 1 aliphatic rings. The first kappa shape index (κ1) is 18.2. The number of rotatable bonds is 6. The second-order valence-electron chi connectivity index (χ2n) is 5.95. The fourth-order valence-corrected chi connectivity index (χ4v) is 11.1. The second-order valence-corrected chi connectivity index (χ2v) is 16.6. The molecule has 1 fully saturated rings. The fourth-order valence-electron chi connectivity index (χ4n) is 3.28. The number of hydrogen-bond donors (Lipinski definition) is 0. The first-order valence-electron chi connectivity index (χ1n) is 8.31. The van der Waals surface area contributed by atoms with Crippen molar-refractivity contribution in [2.75, 3.05) is 0 Å². The molecule has 0 radical (unpaired) electrons. The van der Waals surface area contributed by atoms with Crippen molar-refractivity contribution in [1.82, 2.24) is 4.90 Å². The Morgan fingerprint density at radius 2 is 2.05 bits per heavy atom. The van der Waals surface area contributed by atoms with Crippen LogP contribution in [0, 0.1) is 0 Å².